The zero-order valence-corrected chi connectivity index (χ0v) is 15.1. The molecule has 0 aromatic heterocycles. The molecule has 4 nitrogen and oxygen atoms in total. The second-order valence-electron chi connectivity index (χ2n) is 6.49. The summed E-state index contributed by atoms with van der Waals surface area (Å²) in [6.07, 6.45) is 0.479. The van der Waals surface area contributed by atoms with Gasteiger partial charge in [-0.2, -0.15) is 0 Å². The Bertz CT molecular complexity index is 728. The van der Waals surface area contributed by atoms with Crippen LogP contribution in [0, 0.1) is 6.92 Å². The largest absolute Gasteiger partial charge is 0.480 e. The lowest BCUT2D eigenvalue weighted by atomic mass is 9.99. The van der Waals surface area contributed by atoms with Crippen molar-refractivity contribution in [1.29, 1.82) is 0 Å². The summed E-state index contributed by atoms with van der Waals surface area (Å²) < 4.78 is 0. The van der Waals surface area contributed by atoms with Gasteiger partial charge in [0.25, 0.3) is 0 Å². The second-order valence-corrected chi connectivity index (χ2v) is 6.92. The first-order valence-electron chi connectivity index (χ1n) is 8.56. The number of hydrogen-bond acceptors (Lipinski definition) is 3. The molecule has 0 amide bonds. The summed E-state index contributed by atoms with van der Waals surface area (Å²) in [7, 11) is 0. The number of rotatable bonds is 5. The maximum absolute atomic E-state index is 11.9. The van der Waals surface area contributed by atoms with Gasteiger partial charge in [-0.1, -0.05) is 35.9 Å². The molecule has 1 fully saturated rings. The van der Waals surface area contributed by atoms with Gasteiger partial charge in [0, 0.05) is 36.9 Å². The van der Waals surface area contributed by atoms with Crippen molar-refractivity contribution in [3.63, 3.8) is 0 Å². The van der Waals surface area contributed by atoms with Crippen molar-refractivity contribution in [1.82, 2.24) is 4.90 Å². The van der Waals surface area contributed by atoms with Crippen molar-refractivity contribution in [2.45, 2.75) is 19.4 Å². The highest BCUT2D eigenvalue weighted by Crippen LogP contribution is 2.21. The molecule has 1 aliphatic heterocycles. The molecule has 1 atom stereocenters. The number of piperazine rings is 1. The van der Waals surface area contributed by atoms with Crippen LogP contribution in [0.2, 0.25) is 5.02 Å². The fourth-order valence-corrected chi connectivity index (χ4v) is 3.57. The molecule has 25 heavy (non-hydrogen) atoms. The number of anilines is 1. The molecule has 0 spiro atoms. The fraction of sp³-hybridized carbons (Fsp3) is 0.350. The Morgan fingerprint density at radius 1 is 1.12 bits per heavy atom. The molecular formula is C20H23ClN2O2. The van der Waals surface area contributed by atoms with Crippen LogP contribution in [0.4, 0.5) is 5.69 Å². The van der Waals surface area contributed by atoms with Gasteiger partial charge in [-0.15, -0.1) is 0 Å². The minimum absolute atomic E-state index is 0.479. The van der Waals surface area contributed by atoms with E-state index < -0.39 is 12.0 Å². The molecule has 0 saturated carbocycles. The molecule has 0 radical (unpaired) electrons. The molecule has 0 aliphatic carbocycles. The van der Waals surface area contributed by atoms with Gasteiger partial charge in [0.15, 0.2) is 0 Å². The highest BCUT2D eigenvalue weighted by molar-refractivity contribution is 6.30. The topological polar surface area (TPSA) is 43.8 Å². The SMILES string of the molecule is Cc1ccc(Cl)cc1C[C@@H](C(=O)O)N1CCN(c2ccccc2)CC1. The maximum atomic E-state index is 11.9. The quantitative estimate of drug-likeness (QED) is 0.888. The van der Waals surface area contributed by atoms with Crippen molar-refractivity contribution < 1.29 is 9.90 Å². The number of carboxylic acids is 1. The number of aliphatic carboxylic acids is 1. The second kappa shape index (κ2) is 7.89. The Hall–Kier alpha value is -2.04. The van der Waals surface area contributed by atoms with Crippen LogP contribution in [0.1, 0.15) is 11.1 Å². The molecule has 1 N–H and O–H groups in total. The molecule has 1 heterocycles. The van der Waals surface area contributed by atoms with Crippen molar-refractivity contribution in [3.05, 3.63) is 64.7 Å². The van der Waals surface area contributed by atoms with Crippen LogP contribution in [0.5, 0.6) is 0 Å². The lowest BCUT2D eigenvalue weighted by Gasteiger charge is -2.39. The Kier molecular flexibility index (Phi) is 5.61. The van der Waals surface area contributed by atoms with Crippen LogP contribution in [0.25, 0.3) is 0 Å². The fourth-order valence-electron chi connectivity index (χ4n) is 3.37. The van der Waals surface area contributed by atoms with Crippen molar-refractivity contribution >= 4 is 23.3 Å². The molecule has 5 heteroatoms. The van der Waals surface area contributed by atoms with Gasteiger partial charge in [0.05, 0.1) is 0 Å². The van der Waals surface area contributed by atoms with E-state index in [1.807, 2.05) is 43.3 Å². The molecule has 0 unspecified atom stereocenters. The van der Waals surface area contributed by atoms with Crippen LogP contribution in [-0.2, 0) is 11.2 Å². The molecule has 1 aliphatic rings. The zero-order chi connectivity index (χ0) is 17.8. The number of hydrogen-bond donors (Lipinski definition) is 1. The lowest BCUT2D eigenvalue weighted by Crippen LogP contribution is -2.53. The highest BCUT2D eigenvalue weighted by atomic mass is 35.5. The third kappa shape index (κ3) is 4.33. The Morgan fingerprint density at radius 2 is 1.80 bits per heavy atom. The maximum Gasteiger partial charge on any atom is 0.321 e. The summed E-state index contributed by atoms with van der Waals surface area (Å²) in [5, 5.41) is 10.4. The van der Waals surface area contributed by atoms with E-state index in [9.17, 15) is 9.90 Å². The molecule has 132 valence electrons. The van der Waals surface area contributed by atoms with Gasteiger partial charge in [0.1, 0.15) is 6.04 Å². The smallest absolute Gasteiger partial charge is 0.321 e. The van der Waals surface area contributed by atoms with Gasteiger partial charge < -0.3 is 10.0 Å². The van der Waals surface area contributed by atoms with Gasteiger partial charge in [-0.3, -0.25) is 9.69 Å². The van der Waals surface area contributed by atoms with Gasteiger partial charge in [0.2, 0.25) is 0 Å². The summed E-state index contributed by atoms with van der Waals surface area (Å²) in [5.41, 5.74) is 3.28. The third-order valence-electron chi connectivity index (χ3n) is 4.89. The summed E-state index contributed by atoms with van der Waals surface area (Å²) >= 11 is 6.08. The summed E-state index contributed by atoms with van der Waals surface area (Å²) in [6, 6.07) is 15.4. The van der Waals surface area contributed by atoms with Crippen LogP contribution in [0.15, 0.2) is 48.5 Å². The standard InChI is InChI=1S/C20H23ClN2O2/c1-15-7-8-17(21)13-16(15)14-19(20(24)25)23-11-9-22(10-12-23)18-5-3-2-4-6-18/h2-8,13,19H,9-12,14H2,1H3,(H,24,25)/t19-/m0/s1. The minimum Gasteiger partial charge on any atom is -0.480 e. The number of nitrogens with zero attached hydrogens (tertiary/aromatic N) is 2. The number of halogens is 1. The van der Waals surface area contributed by atoms with Gasteiger partial charge >= 0.3 is 5.97 Å². The first kappa shape index (κ1) is 17.8. The minimum atomic E-state index is -0.771. The van der Waals surface area contributed by atoms with Gasteiger partial charge in [-0.05, 0) is 48.7 Å². The molecule has 0 bridgehead atoms. The van der Waals surface area contributed by atoms with Crippen molar-refractivity contribution in [2.24, 2.45) is 0 Å². The average Bonchev–Trinajstić information content (AvgIpc) is 2.63. The van der Waals surface area contributed by atoms with Crippen LogP contribution < -0.4 is 4.90 Å². The number of benzene rings is 2. The highest BCUT2D eigenvalue weighted by Gasteiger charge is 2.29. The average molecular weight is 359 g/mol. The van der Waals surface area contributed by atoms with E-state index in [0.29, 0.717) is 11.4 Å². The van der Waals surface area contributed by atoms with Crippen molar-refractivity contribution in [3.8, 4) is 0 Å². The summed E-state index contributed by atoms with van der Waals surface area (Å²) in [6.45, 7) is 5.15. The van der Waals surface area contributed by atoms with Crippen LogP contribution in [-0.4, -0.2) is 48.2 Å². The van der Waals surface area contributed by atoms with E-state index in [4.69, 9.17) is 11.6 Å². The Morgan fingerprint density at radius 3 is 2.44 bits per heavy atom. The monoisotopic (exact) mass is 358 g/mol. The van der Waals surface area contributed by atoms with E-state index >= 15 is 0 Å². The van der Waals surface area contributed by atoms with E-state index in [1.54, 1.807) is 0 Å². The zero-order valence-electron chi connectivity index (χ0n) is 14.4. The van der Waals surface area contributed by atoms with E-state index in [2.05, 4.69) is 21.9 Å². The van der Waals surface area contributed by atoms with Crippen molar-refractivity contribution in [2.75, 3.05) is 31.1 Å². The predicted octanol–water partition coefficient (Wildman–Crippen LogP) is 3.47. The van der Waals surface area contributed by atoms with E-state index in [-0.39, 0.29) is 0 Å². The molecule has 2 aromatic carbocycles. The normalized spacial score (nSPS) is 16.6. The predicted molar refractivity (Wildman–Crippen MR) is 102 cm³/mol. The Labute approximate surface area is 153 Å². The molecule has 3 rings (SSSR count). The first-order chi connectivity index (χ1) is 12.0. The molecule has 2 aromatic rings. The number of carboxylic acid groups (broad SMARTS) is 1. The third-order valence-corrected chi connectivity index (χ3v) is 5.12. The number of carbonyl (C=O) groups is 1. The number of para-hydroxylation sites is 1. The summed E-state index contributed by atoms with van der Waals surface area (Å²) in [4.78, 5) is 16.2. The Balaban J connectivity index is 1.68. The van der Waals surface area contributed by atoms with Crippen LogP contribution in [0.3, 0.4) is 0 Å². The molecule has 1 saturated heterocycles. The van der Waals surface area contributed by atoms with Gasteiger partial charge in [-0.25, -0.2) is 0 Å². The number of aryl methyl sites for hydroxylation is 1. The van der Waals surface area contributed by atoms with Crippen LogP contribution >= 0.6 is 11.6 Å². The van der Waals surface area contributed by atoms with E-state index in [1.165, 1.54) is 5.69 Å². The summed E-state index contributed by atoms with van der Waals surface area (Å²) in [5.74, 6) is -0.771. The molecular weight excluding hydrogens is 336 g/mol. The lowest BCUT2D eigenvalue weighted by molar-refractivity contribution is -0.143. The van der Waals surface area contributed by atoms with E-state index in [0.717, 1.165) is 37.3 Å². The first-order valence-corrected chi connectivity index (χ1v) is 8.94.